The molecule has 1 aliphatic rings. The maximum Gasteiger partial charge on any atom is 0.261 e. The van der Waals surface area contributed by atoms with Crippen molar-refractivity contribution in [3.05, 3.63) is 98.4 Å². The molecule has 3 aromatic carbocycles. The highest BCUT2D eigenvalue weighted by Crippen LogP contribution is 2.25. The van der Waals surface area contributed by atoms with Gasteiger partial charge in [-0.15, -0.1) is 0 Å². The number of nitrogens with zero attached hydrogens (tertiary/aromatic N) is 1. The smallest absolute Gasteiger partial charge is 0.261 e. The minimum Gasteiger partial charge on any atom is -0.484 e. The highest BCUT2D eigenvalue weighted by Gasteiger charge is 2.32. The number of amides is 2. The lowest BCUT2D eigenvalue weighted by Gasteiger charge is -2.33. The van der Waals surface area contributed by atoms with E-state index in [0.717, 1.165) is 35.7 Å². The van der Waals surface area contributed by atoms with Crippen molar-refractivity contribution in [3.8, 4) is 5.75 Å². The van der Waals surface area contributed by atoms with E-state index in [-0.39, 0.29) is 31.0 Å². The first-order valence-electron chi connectivity index (χ1n) is 12.8. The molecule has 1 unspecified atom stereocenters. The largest absolute Gasteiger partial charge is 0.484 e. The molecular formula is C30H31BrCl2N2O3. The molecule has 4 rings (SSSR count). The summed E-state index contributed by atoms with van der Waals surface area (Å²) in [6.07, 6.45) is 5.65. The summed E-state index contributed by atoms with van der Waals surface area (Å²) in [4.78, 5) is 29.1. The van der Waals surface area contributed by atoms with E-state index in [0.29, 0.717) is 27.8 Å². The molecule has 1 aliphatic carbocycles. The third-order valence-electron chi connectivity index (χ3n) is 6.75. The van der Waals surface area contributed by atoms with E-state index in [2.05, 4.69) is 21.2 Å². The summed E-state index contributed by atoms with van der Waals surface area (Å²) in [5, 5.41) is 4.18. The van der Waals surface area contributed by atoms with Gasteiger partial charge in [0, 0.05) is 33.5 Å². The van der Waals surface area contributed by atoms with Crippen LogP contribution in [0.15, 0.2) is 77.3 Å². The molecular weight excluding hydrogens is 587 g/mol. The number of carbonyl (C=O) groups is 2. The van der Waals surface area contributed by atoms with Crippen LogP contribution < -0.4 is 10.1 Å². The monoisotopic (exact) mass is 616 g/mol. The minimum absolute atomic E-state index is 0.115. The fourth-order valence-corrected chi connectivity index (χ4v) is 5.42. The Morgan fingerprint density at radius 3 is 2.37 bits per heavy atom. The summed E-state index contributed by atoms with van der Waals surface area (Å²) in [5.74, 6) is 0.0961. The van der Waals surface area contributed by atoms with Gasteiger partial charge in [-0.05, 0) is 60.4 Å². The van der Waals surface area contributed by atoms with Gasteiger partial charge in [0.25, 0.3) is 5.91 Å². The quantitative estimate of drug-likeness (QED) is 0.261. The lowest BCUT2D eigenvalue weighted by Crippen LogP contribution is -2.53. The van der Waals surface area contributed by atoms with E-state index < -0.39 is 6.04 Å². The van der Waals surface area contributed by atoms with Crippen molar-refractivity contribution in [3.63, 3.8) is 0 Å². The molecule has 3 aromatic rings. The van der Waals surface area contributed by atoms with Crippen LogP contribution in [-0.4, -0.2) is 35.4 Å². The summed E-state index contributed by atoms with van der Waals surface area (Å²) >= 11 is 16.0. The zero-order chi connectivity index (χ0) is 26.9. The van der Waals surface area contributed by atoms with Crippen LogP contribution in [0, 0.1) is 0 Å². The molecule has 0 radical (unpaired) electrons. The SMILES string of the molecule is O=C(NC1CCCCC1)C(Cc1ccccc1)N(Cc1ccc(Cl)cc1Cl)C(=O)COc1ccc(Br)cc1. The summed E-state index contributed by atoms with van der Waals surface area (Å²) in [6, 6.07) is 21.6. The second-order valence-electron chi connectivity index (χ2n) is 9.55. The molecule has 0 aliphatic heterocycles. The second-order valence-corrected chi connectivity index (χ2v) is 11.3. The van der Waals surface area contributed by atoms with Gasteiger partial charge in [0.2, 0.25) is 5.91 Å². The van der Waals surface area contributed by atoms with E-state index in [4.69, 9.17) is 27.9 Å². The van der Waals surface area contributed by atoms with E-state index in [9.17, 15) is 9.59 Å². The van der Waals surface area contributed by atoms with Crippen molar-refractivity contribution >= 4 is 50.9 Å². The first kappa shape index (κ1) is 28.5. The average Bonchev–Trinajstić information content (AvgIpc) is 2.92. The van der Waals surface area contributed by atoms with Crippen molar-refractivity contribution in [2.45, 2.75) is 57.2 Å². The van der Waals surface area contributed by atoms with Gasteiger partial charge < -0.3 is 15.0 Å². The van der Waals surface area contributed by atoms with Gasteiger partial charge >= 0.3 is 0 Å². The molecule has 1 N–H and O–H groups in total. The van der Waals surface area contributed by atoms with Crippen LogP contribution in [0.3, 0.4) is 0 Å². The van der Waals surface area contributed by atoms with Crippen LogP contribution in [0.5, 0.6) is 5.75 Å². The Labute approximate surface area is 242 Å². The van der Waals surface area contributed by atoms with Crippen LogP contribution in [-0.2, 0) is 22.6 Å². The molecule has 1 fully saturated rings. The van der Waals surface area contributed by atoms with Crippen molar-refractivity contribution in [1.29, 1.82) is 0 Å². The highest BCUT2D eigenvalue weighted by atomic mass is 79.9. The first-order valence-corrected chi connectivity index (χ1v) is 14.4. The second kappa shape index (κ2) is 14.0. The van der Waals surface area contributed by atoms with Gasteiger partial charge in [0.1, 0.15) is 11.8 Å². The Kier molecular flexibility index (Phi) is 10.5. The Morgan fingerprint density at radius 2 is 1.68 bits per heavy atom. The Morgan fingerprint density at radius 1 is 0.974 bits per heavy atom. The zero-order valence-electron chi connectivity index (χ0n) is 21.0. The van der Waals surface area contributed by atoms with E-state index in [1.807, 2.05) is 42.5 Å². The topological polar surface area (TPSA) is 58.6 Å². The normalized spacial score (nSPS) is 14.5. The van der Waals surface area contributed by atoms with Gasteiger partial charge in [-0.2, -0.15) is 0 Å². The van der Waals surface area contributed by atoms with Crippen molar-refractivity contribution in [1.82, 2.24) is 10.2 Å². The lowest BCUT2D eigenvalue weighted by molar-refractivity contribution is -0.143. The molecule has 1 atom stereocenters. The summed E-state index contributed by atoms with van der Waals surface area (Å²) < 4.78 is 6.74. The highest BCUT2D eigenvalue weighted by molar-refractivity contribution is 9.10. The maximum absolute atomic E-state index is 13.8. The average molecular weight is 618 g/mol. The van der Waals surface area contributed by atoms with E-state index >= 15 is 0 Å². The number of rotatable bonds is 10. The maximum atomic E-state index is 13.8. The van der Waals surface area contributed by atoms with Crippen LogP contribution in [0.1, 0.15) is 43.2 Å². The van der Waals surface area contributed by atoms with Gasteiger partial charge in [0.05, 0.1) is 0 Å². The number of hydrogen-bond acceptors (Lipinski definition) is 3. The van der Waals surface area contributed by atoms with Crippen LogP contribution >= 0.6 is 39.1 Å². The third kappa shape index (κ3) is 8.23. The van der Waals surface area contributed by atoms with E-state index in [1.165, 1.54) is 6.42 Å². The zero-order valence-corrected chi connectivity index (χ0v) is 24.1. The molecule has 2 amide bonds. The van der Waals surface area contributed by atoms with Crippen LogP contribution in [0.4, 0.5) is 0 Å². The predicted molar refractivity (Wildman–Crippen MR) is 156 cm³/mol. The van der Waals surface area contributed by atoms with E-state index in [1.54, 1.807) is 35.2 Å². The van der Waals surface area contributed by atoms with Gasteiger partial charge in [0.15, 0.2) is 6.61 Å². The van der Waals surface area contributed by atoms with Gasteiger partial charge in [-0.25, -0.2) is 0 Å². The van der Waals surface area contributed by atoms with Gasteiger partial charge in [-0.1, -0.05) is 94.8 Å². The van der Waals surface area contributed by atoms with Crippen LogP contribution in [0.2, 0.25) is 10.0 Å². The fraction of sp³-hybridized carbons (Fsp3) is 0.333. The minimum atomic E-state index is -0.743. The molecule has 8 heteroatoms. The first-order chi connectivity index (χ1) is 18.4. The number of benzene rings is 3. The number of ether oxygens (including phenoxy) is 1. The number of nitrogens with one attached hydrogen (secondary N) is 1. The van der Waals surface area contributed by atoms with Crippen molar-refractivity contribution in [2.24, 2.45) is 0 Å². The molecule has 38 heavy (non-hydrogen) atoms. The van der Waals surface area contributed by atoms with Crippen molar-refractivity contribution < 1.29 is 14.3 Å². The lowest BCUT2D eigenvalue weighted by atomic mass is 9.94. The number of halogens is 3. The van der Waals surface area contributed by atoms with Crippen molar-refractivity contribution in [2.75, 3.05) is 6.61 Å². The molecule has 0 saturated heterocycles. The molecule has 0 bridgehead atoms. The fourth-order valence-electron chi connectivity index (χ4n) is 4.69. The van der Waals surface area contributed by atoms with Gasteiger partial charge in [-0.3, -0.25) is 9.59 Å². The molecule has 0 aromatic heterocycles. The molecule has 0 heterocycles. The molecule has 200 valence electrons. The molecule has 1 saturated carbocycles. The number of hydrogen-bond donors (Lipinski definition) is 1. The predicted octanol–water partition coefficient (Wildman–Crippen LogP) is 7.22. The standard InChI is InChI=1S/C30H31BrCl2N2O3/c31-23-12-15-26(16-13-23)38-20-29(36)35(19-22-11-14-24(32)18-27(22)33)28(17-21-7-3-1-4-8-21)30(37)34-25-9-5-2-6-10-25/h1,3-4,7-8,11-16,18,25,28H,2,5-6,9-10,17,19-20H2,(H,34,37). The summed E-state index contributed by atoms with van der Waals surface area (Å²) in [6.45, 7) is -0.0665. The summed E-state index contributed by atoms with van der Waals surface area (Å²) in [7, 11) is 0. The third-order valence-corrected chi connectivity index (χ3v) is 7.87. The molecule has 5 nitrogen and oxygen atoms in total. The van der Waals surface area contributed by atoms with Crippen LogP contribution in [0.25, 0.3) is 0 Å². The Bertz CT molecular complexity index is 1220. The Hall–Kier alpha value is -2.54. The number of carbonyl (C=O) groups excluding carboxylic acids is 2. The molecule has 0 spiro atoms. The summed E-state index contributed by atoms with van der Waals surface area (Å²) in [5.41, 5.74) is 1.67. The Balaban J connectivity index is 1.62.